The lowest BCUT2D eigenvalue weighted by molar-refractivity contribution is -0.721. The fourth-order valence-electron chi connectivity index (χ4n) is 1.23. The lowest BCUT2D eigenvalue weighted by Crippen LogP contribution is -2.34. The molecule has 1 aliphatic heterocycles. The second-order valence-electron chi connectivity index (χ2n) is 2.63. The Balaban J connectivity index is 2.55. The first-order valence-electron chi connectivity index (χ1n) is 3.69. The molecule has 0 atom stereocenters. The van der Waals surface area contributed by atoms with E-state index < -0.39 is 4.92 Å². The smallest absolute Gasteiger partial charge is 0.258 e. The molecule has 2 rings (SSSR count). The van der Waals surface area contributed by atoms with Gasteiger partial charge in [0.2, 0.25) is 5.03 Å². The van der Waals surface area contributed by atoms with Gasteiger partial charge in [0.25, 0.3) is 10.8 Å². The molecule has 0 bridgehead atoms. The number of pyridine rings is 1. The first kappa shape index (κ1) is 8.77. The quantitative estimate of drug-likeness (QED) is 0.311. The van der Waals surface area contributed by atoms with Crippen LogP contribution in [0.1, 0.15) is 0 Å². The SMILES string of the molecule is O=[N+]([O-])c1cc(Cl)[n+]2c(c1)SCC2. The van der Waals surface area contributed by atoms with Crippen LogP contribution in [0.3, 0.4) is 0 Å². The highest BCUT2D eigenvalue weighted by molar-refractivity contribution is 7.99. The van der Waals surface area contributed by atoms with Crippen molar-refractivity contribution in [1.82, 2.24) is 0 Å². The largest absolute Gasteiger partial charge is 0.284 e. The predicted octanol–water partition coefficient (Wildman–Crippen LogP) is 1.64. The molecular formula is C7H6ClN2O2S+. The van der Waals surface area contributed by atoms with Crippen LogP contribution in [0.4, 0.5) is 5.69 Å². The highest BCUT2D eigenvalue weighted by Crippen LogP contribution is 2.26. The summed E-state index contributed by atoms with van der Waals surface area (Å²) < 4.78 is 1.87. The van der Waals surface area contributed by atoms with Crippen molar-refractivity contribution in [3.8, 4) is 0 Å². The molecule has 0 saturated carbocycles. The van der Waals surface area contributed by atoms with Crippen molar-refractivity contribution in [2.24, 2.45) is 0 Å². The minimum atomic E-state index is -0.425. The van der Waals surface area contributed by atoms with Crippen molar-refractivity contribution >= 4 is 29.1 Å². The van der Waals surface area contributed by atoms with E-state index in [1.54, 1.807) is 17.8 Å². The third kappa shape index (κ3) is 1.49. The van der Waals surface area contributed by atoms with Gasteiger partial charge in [-0.15, -0.1) is 0 Å². The topological polar surface area (TPSA) is 47.0 Å². The number of halogens is 1. The van der Waals surface area contributed by atoms with Gasteiger partial charge in [-0.05, 0) is 11.6 Å². The summed E-state index contributed by atoms with van der Waals surface area (Å²) >= 11 is 7.45. The molecular weight excluding hydrogens is 212 g/mol. The van der Waals surface area contributed by atoms with Gasteiger partial charge in [-0.3, -0.25) is 10.1 Å². The molecule has 68 valence electrons. The van der Waals surface area contributed by atoms with Crippen molar-refractivity contribution in [3.05, 3.63) is 27.4 Å². The molecule has 2 heterocycles. The Morgan fingerprint density at radius 1 is 1.62 bits per heavy atom. The van der Waals surface area contributed by atoms with Gasteiger partial charge < -0.3 is 0 Å². The summed E-state index contributed by atoms with van der Waals surface area (Å²) in [6.07, 6.45) is 0. The predicted molar refractivity (Wildman–Crippen MR) is 49.0 cm³/mol. The van der Waals surface area contributed by atoms with Crippen LogP contribution in [-0.4, -0.2) is 10.7 Å². The highest BCUT2D eigenvalue weighted by atomic mass is 35.5. The molecule has 0 spiro atoms. The fourth-order valence-corrected chi connectivity index (χ4v) is 2.60. The van der Waals surface area contributed by atoms with Gasteiger partial charge in [0.1, 0.15) is 6.07 Å². The minimum Gasteiger partial charge on any atom is -0.258 e. The number of rotatable bonds is 1. The Hall–Kier alpha value is -0.810. The lowest BCUT2D eigenvalue weighted by atomic mass is 10.4. The molecule has 0 unspecified atom stereocenters. The molecule has 13 heavy (non-hydrogen) atoms. The zero-order valence-corrected chi connectivity index (χ0v) is 8.14. The van der Waals surface area contributed by atoms with Crippen LogP contribution in [0.25, 0.3) is 0 Å². The summed E-state index contributed by atoms with van der Waals surface area (Å²) in [5, 5.41) is 11.8. The van der Waals surface area contributed by atoms with Crippen LogP contribution < -0.4 is 4.57 Å². The van der Waals surface area contributed by atoms with Gasteiger partial charge in [0, 0.05) is 0 Å². The van der Waals surface area contributed by atoms with E-state index in [-0.39, 0.29) is 5.69 Å². The zero-order chi connectivity index (χ0) is 9.42. The Kier molecular flexibility index (Phi) is 2.13. The van der Waals surface area contributed by atoms with Crippen molar-refractivity contribution in [3.63, 3.8) is 0 Å². The van der Waals surface area contributed by atoms with Gasteiger partial charge in [-0.1, -0.05) is 11.8 Å². The van der Waals surface area contributed by atoms with E-state index in [1.165, 1.54) is 6.07 Å². The van der Waals surface area contributed by atoms with Crippen LogP contribution in [0.5, 0.6) is 0 Å². The van der Waals surface area contributed by atoms with E-state index in [0.29, 0.717) is 5.15 Å². The maximum atomic E-state index is 10.5. The Labute approximate surface area is 83.7 Å². The van der Waals surface area contributed by atoms with Crippen molar-refractivity contribution in [2.75, 3.05) is 5.75 Å². The molecule has 0 aromatic carbocycles. The van der Waals surface area contributed by atoms with E-state index in [2.05, 4.69) is 0 Å². The maximum absolute atomic E-state index is 10.5. The summed E-state index contributed by atoms with van der Waals surface area (Å²) in [4.78, 5) is 10.1. The first-order valence-corrected chi connectivity index (χ1v) is 5.05. The number of fused-ring (bicyclic) bond motifs is 1. The number of hydrogen-bond donors (Lipinski definition) is 0. The van der Waals surface area contributed by atoms with Gasteiger partial charge in [-0.2, -0.15) is 4.57 Å². The summed E-state index contributed by atoms with van der Waals surface area (Å²) in [6.45, 7) is 0.830. The molecule has 0 aliphatic carbocycles. The van der Waals surface area contributed by atoms with Gasteiger partial charge in [0.15, 0.2) is 6.54 Å². The van der Waals surface area contributed by atoms with Crippen LogP contribution in [0, 0.1) is 10.1 Å². The molecule has 0 amide bonds. The monoisotopic (exact) mass is 217 g/mol. The molecule has 1 aromatic heterocycles. The summed E-state index contributed by atoms with van der Waals surface area (Å²) in [5.41, 5.74) is 0.0608. The highest BCUT2D eigenvalue weighted by Gasteiger charge is 2.27. The zero-order valence-electron chi connectivity index (χ0n) is 6.57. The molecule has 1 aliphatic rings. The standard InChI is InChI=1S/C7H6ClN2O2S/c8-6-3-5(10(11)12)4-7-9(6)1-2-13-7/h3-4H,1-2H2/q+1. The molecule has 1 aromatic rings. The van der Waals surface area contributed by atoms with Crippen molar-refractivity contribution < 1.29 is 9.49 Å². The van der Waals surface area contributed by atoms with Gasteiger partial charge >= 0.3 is 0 Å². The van der Waals surface area contributed by atoms with E-state index in [0.717, 1.165) is 17.3 Å². The molecule has 4 nitrogen and oxygen atoms in total. The third-order valence-corrected chi connectivity index (χ3v) is 3.17. The molecule has 0 saturated heterocycles. The number of nitrogens with zero attached hydrogens (tertiary/aromatic N) is 2. The molecule has 0 fully saturated rings. The summed E-state index contributed by atoms with van der Waals surface area (Å²) in [7, 11) is 0. The Morgan fingerprint density at radius 2 is 2.38 bits per heavy atom. The number of nitro groups is 1. The number of thioether (sulfide) groups is 1. The third-order valence-electron chi connectivity index (χ3n) is 1.84. The Bertz CT molecular complexity index is 383. The second-order valence-corrected chi connectivity index (χ2v) is 4.13. The van der Waals surface area contributed by atoms with Crippen LogP contribution >= 0.6 is 23.4 Å². The average molecular weight is 218 g/mol. The maximum Gasteiger partial charge on any atom is 0.284 e. The van der Waals surface area contributed by atoms with Crippen LogP contribution in [0.2, 0.25) is 5.15 Å². The summed E-state index contributed by atoms with van der Waals surface area (Å²) in [6, 6.07) is 2.94. The van der Waals surface area contributed by atoms with Crippen LogP contribution in [-0.2, 0) is 6.54 Å². The molecule has 6 heteroatoms. The lowest BCUT2D eigenvalue weighted by Gasteiger charge is -1.94. The fraction of sp³-hybridized carbons (Fsp3) is 0.286. The molecule has 0 N–H and O–H groups in total. The average Bonchev–Trinajstić information content (AvgIpc) is 2.51. The van der Waals surface area contributed by atoms with E-state index in [1.807, 2.05) is 4.57 Å². The van der Waals surface area contributed by atoms with Crippen LogP contribution in [0.15, 0.2) is 17.2 Å². The van der Waals surface area contributed by atoms with E-state index in [9.17, 15) is 10.1 Å². The van der Waals surface area contributed by atoms with Gasteiger partial charge in [0.05, 0.1) is 16.7 Å². The summed E-state index contributed by atoms with van der Waals surface area (Å²) in [5.74, 6) is 0.931. The van der Waals surface area contributed by atoms with Crippen molar-refractivity contribution in [2.45, 2.75) is 11.6 Å². The number of hydrogen-bond acceptors (Lipinski definition) is 3. The second kappa shape index (κ2) is 3.16. The van der Waals surface area contributed by atoms with Gasteiger partial charge in [-0.25, -0.2) is 0 Å². The number of aromatic nitrogens is 1. The first-order chi connectivity index (χ1) is 6.18. The van der Waals surface area contributed by atoms with E-state index >= 15 is 0 Å². The normalized spacial score (nSPS) is 14.2. The van der Waals surface area contributed by atoms with E-state index in [4.69, 9.17) is 11.6 Å². The minimum absolute atomic E-state index is 0.0608. The molecule has 0 radical (unpaired) electrons. The van der Waals surface area contributed by atoms with Crippen molar-refractivity contribution in [1.29, 1.82) is 0 Å². The Morgan fingerprint density at radius 3 is 3.08 bits per heavy atom.